The summed E-state index contributed by atoms with van der Waals surface area (Å²) in [5.74, 6) is -1.33. The maximum atomic E-state index is 12.4. The normalized spacial score (nSPS) is 11.6. The Hall–Kier alpha value is -3.48. The molecule has 0 saturated carbocycles. The molecule has 0 aliphatic carbocycles. The number of nitrogens with one attached hydrogen (secondary N) is 1. The standard InChI is InChI=1S/C19H18N4O3/c20-19(25)17-18(14-10-4-5-11-15(14)21-17)23(26)22-16(24)12-6-9-13-7-2-1-3-8-13/h1-5,7-8,10-11,21H,6,9,12H2,(H2,20,25). The molecule has 7 heteroatoms. The van der Waals surface area contributed by atoms with Gasteiger partial charge in [-0.1, -0.05) is 42.5 Å². The maximum absolute atomic E-state index is 12.4. The van der Waals surface area contributed by atoms with Gasteiger partial charge in [-0.15, -0.1) is 0 Å². The van der Waals surface area contributed by atoms with E-state index in [4.69, 9.17) is 5.73 Å². The third-order valence-electron chi connectivity index (χ3n) is 4.02. The maximum Gasteiger partial charge on any atom is 0.310 e. The molecule has 7 nitrogen and oxygen atoms in total. The molecule has 132 valence electrons. The highest BCUT2D eigenvalue weighted by molar-refractivity contribution is 6.04. The fraction of sp³-hybridized carbons (Fsp3) is 0.158. The van der Waals surface area contributed by atoms with Gasteiger partial charge in [0.05, 0.1) is 16.0 Å². The Labute approximate surface area is 149 Å². The second-order valence-electron chi connectivity index (χ2n) is 5.86. The molecule has 1 heterocycles. The van der Waals surface area contributed by atoms with E-state index in [0.717, 1.165) is 12.0 Å². The number of carbonyl (C=O) groups is 2. The van der Waals surface area contributed by atoms with Crippen LogP contribution in [0.5, 0.6) is 0 Å². The number of aromatic amines is 1. The van der Waals surface area contributed by atoms with E-state index in [0.29, 0.717) is 17.3 Å². The number of azo groups is 1. The fourth-order valence-electron chi connectivity index (χ4n) is 2.79. The molecule has 0 aliphatic rings. The minimum atomic E-state index is -0.788. The molecule has 0 atom stereocenters. The number of fused-ring (bicyclic) bond motifs is 1. The third kappa shape index (κ3) is 3.77. The van der Waals surface area contributed by atoms with Crippen LogP contribution in [0.25, 0.3) is 10.9 Å². The third-order valence-corrected chi connectivity index (χ3v) is 4.02. The number of carbonyl (C=O) groups excluding carboxylic acids is 2. The Morgan fingerprint density at radius 2 is 1.77 bits per heavy atom. The van der Waals surface area contributed by atoms with Crippen molar-refractivity contribution in [3.8, 4) is 0 Å². The molecule has 0 unspecified atom stereocenters. The van der Waals surface area contributed by atoms with Gasteiger partial charge in [0.2, 0.25) is 0 Å². The number of H-pyrrole nitrogens is 1. The smallest absolute Gasteiger partial charge is 0.310 e. The second-order valence-corrected chi connectivity index (χ2v) is 5.86. The van der Waals surface area contributed by atoms with Crippen molar-refractivity contribution in [1.82, 2.24) is 4.98 Å². The first-order valence-electron chi connectivity index (χ1n) is 8.22. The van der Waals surface area contributed by atoms with Gasteiger partial charge in [0.25, 0.3) is 11.6 Å². The molecule has 0 fully saturated rings. The van der Waals surface area contributed by atoms with Crippen molar-refractivity contribution in [3.63, 3.8) is 0 Å². The van der Waals surface area contributed by atoms with Crippen molar-refractivity contribution in [2.75, 3.05) is 0 Å². The molecule has 3 N–H and O–H groups in total. The van der Waals surface area contributed by atoms with E-state index in [-0.39, 0.29) is 22.7 Å². The Balaban J connectivity index is 1.76. The predicted octanol–water partition coefficient (Wildman–Crippen LogP) is 3.41. The van der Waals surface area contributed by atoms with E-state index in [1.807, 2.05) is 30.3 Å². The molecule has 3 aromatic rings. The first-order valence-corrected chi connectivity index (χ1v) is 8.22. The number of hydrogen-bond acceptors (Lipinski definition) is 3. The number of para-hydroxylation sites is 1. The zero-order valence-electron chi connectivity index (χ0n) is 14.0. The molecule has 0 aliphatic heterocycles. The zero-order chi connectivity index (χ0) is 18.5. The quantitative estimate of drug-likeness (QED) is 0.403. The number of nitrogens with zero attached hydrogens (tertiary/aromatic N) is 2. The molecule has 2 aromatic carbocycles. The van der Waals surface area contributed by atoms with Gasteiger partial charge in [-0.2, -0.15) is 0 Å². The summed E-state index contributed by atoms with van der Waals surface area (Å²) in [5, 5.41) is 16.4. The van der Waals surface area contributed by atoms with Crippen molar-refractivity contribution in [3.05, 3.63) is 71.1 Å². The molecule has 26 heavy (non-hydrogen) atoms. The number of benzene rings is 2. The molecule has 0 saturated heterocycles. The zero-order valence-corrected chi connectivity index (χ0v) is 14.0. The number of rotatable bonds is 6. The topological polar surface area (TPSA) is 114 Å². The van der Waals surface area contributed by atoms with Crippen LogP contribution in [0.4, 0.5) is 5.69 Å². The number of aromatic nitrogens is 1. The number of hydrogen-bond donors (Lipinski definition) is 2. The Morgan fingerprint density at radius 3 is 2.50 bits per heavy atom. The number of nitrogens with two attached hydrogens (primary N) is 1. The number of primary amides is 1. The lowest BCUT2D eigenvalue weighted by molar-refractivity contribution is -0.434. The SMILES string of the molecule is NC(=O)c1[nH]c2ccccc2c1[N+]([O-])=NC(=O)CCCc1ccccc1. The van der Waals surface area contributed by atoms with Gasteiger partial charge in [0.1, 0.15) is 0 Å². The fourth-order valence-corrected chi connectivity index (χ4v) is 2.79. The van der Waals surface area contributed by atoms with Gasteiger partial charge < -0.3 is 15.9 Å². The van der Waals surface area contributed by atoms with Crippen LogP contribution in [0.2, 0.25) is 0 Å². The molecule has 0 bridgehead atoms. The number of amides is 2. The first kappa shape index (κ1) is 17.3. The van der Waals surface area contributed by atoms with Crippen LogP contribution in [0.15, 0.2) is 59.7 Å². The molecule has 3 rings (SSSR count). The lowest BCUT2D eigenvalue weighted by Gasteiger charge is -2.01. The largest absolute Gasteiger partial charge is 0.594 e. The summed E-state index contributed by atoms with van der Waals surface area (Å²) in [6.07, 6.45) is 1.44. The van der Waals surface area contributed by atoms with Gasteiger partial charge in [-0.05, 0) is 35.4 Å². The van der Waals surface area contributed by atoms with E-state index in [1.54, 1.807) is 24.3 Å². The summed E-state index contributed by atoms with van der Waals surface area (Å²) in [4.78, 5) is 26.6. The van der Waals surface area contributed by atoms with E-state index < -0.39 is 11.8 Å². The Kier molecular flexibility index (Phi) is 5.07. The summed E-state index contributed by atoms with van der Waals surface area (Å²) in [5.41, 5.74) is 6.91. The first-order chi connectivity index (χ1) is 12.6. The van der Waals surface area contributed by atoms with Crippen LogP contribution in [0.3, 0.4) is 0 Å². The molecule has 2 amide bonds. The molecule has 0 spiro atoms. The van der Waals surface area contributed by atoms with Crippen molar-refractivity contribution in [1.29, 1.82) is 0 Å². The van der Waals surface area contributed by atoms with Gasteiger partial charge in [-0.25, -0.2) is 0 Å². The van der Waals surface area contributed by atoms with Crippen LogP contribution in [-0.2, 0) is 11.2 Å². The van der Waals surface area contributed by atoms with E-state index in [2.05, 4.69) is 10.1 Å². The summed E-state index contributed by atoms with van der Waals surface area (Å²) < 4.78 is 0. The van der Waals surface area contributed by atoms with Gasteiger partial charge in [0, 0.05) is 6.42 Å². The van der Waals surface area contributed by atoms with Crippen LogP contribution in [-0.4, -0.2) is 21.7 Å². The van der Waals surface area contributed by atoms with Crippen molar-refractivity contribution in [2.24, 2.45) is 10.8 Å². The summed E-state index contributed by atoms with van der Waals surface area (Å²) in [7, 11) is 0. The van der Waals surface area contributed by atoms with Crippen LogP contribution >= 0.6 is 0 Å². The van der Waals surface area contributed by atoms with E-state index >= 15 is 0 Å². The Bertz CT molecular complexity index is 977. The monoisotopic (exact) mass is 350 g/mol. The summed E-state index contributed by atoms with van der Waals surface area (Å²) >= 11 is 0. The lowest BCUT2D eigenvalue weighted by Crippen LogP contribution is -2.14. The average molecular weight is 350 g/mol. The second kappa shape index (κ2) is 7.60. The summed E-state index contributed by atoms with van der Waals surface area (Å²) in [6.45, 7) is 0. The highest BCUT2D eigenvalue weighted by Crippen LogP contribution is 2.29. The molecule has 1 aromatic heterocycles. The van der Waals surface area contributed by atoms with E-state index in [1.165, 1.54) is 0 Å². The number of aryl methyl sites for hydroxylation is 1. The van der Waals surface area contributed by atoms with Gasteiger partial charge in [0.15, 0.2) is 5.69 Å². The molecule has 0 radical (unpaired) electrons. The minimum Gasteiger partial charge on any atom is -0.594 e. The molecular weight excluding hydrogens is 332 g/mol. The molecular formula is C19H18N4O3. The Morgan fingerprint density at radius 1 is 1.08 bits per heavy atom. The summed E-state index contributed by atoms with van der Waals surface area (Å²) in [6, 6.07) is 16.6. The highest BCUT2D eigenvalue weighted by atomic mass is 16.5. The average Bonchev–Trinajstić information content (AvgIpc) is 3.02. The van der Waals surface area contributed by atoms with Crippen molar-refractivity contribution < 1.29 is 14.4 Å². The van der Waals surface area contributed by atoms with E-state index in [9.17, 15) is 14.8 Å². The van der Waals surface area contributed by atoms with Crippen LogP contribution < -0.4 is 5.73 Å². The van der Waals surface area contributed by atoms with Crippen LogP contribution in [0, 0.1) is 5.21 Å². The predicted molar refractivity (Wildman–Crippen MR) is 96.9 cm³/mol. The van der Waals surface area contributed by atoms with Gasteiger partial charge in [-0.3, -0.25) is 9.59 Å². The lowest BCUT2D eigenvalue weighted by atomic mass is 10.1. The van der Waals surface area contributed by atoms with Gasteiger partial charge >= 0.3 is 5.91 Å². The van der Waals surface area contributed by atoms with Crippen molar-refractivity contribution >= 4 is 28.4 Å². The minimum absolute atomic E-state index is 0.0375. The van der Waals surface area contributed by atoms with Crippen LogP contribution in [0.1, 0.15) is 28.9 Å². The van der Waals surface area contributed by atoms with Crippen molar-refractivity contribution in [2.45, 2.75) is 19.3 Å². The highest BCUT2D eigenvalue weighted by Gasteiger charge is 2.24.